The van der Waals surface area contributed by atoms with Gasteiger partial charge in [0.2, 0.25) is 0 Å². The van der Waals surface area contributed by atoms with Gasteiger partial charge >= 0.3 is 0 Å². The van der Waals surface area contributed by atoms with Gasteiger partial charge in [0, 0.05) is 5.02 Å². The second-order valence-electron chi connectivity index (χ2n) is 4.89. The Labute approximate surface area is 140 Å². The van der Waals surface area contributed by atoms with Gasteiger partial charge in [-0.2, -0.15) is 0 Å². The summed E-state index contributed by atoms with van der Waals surface area (Å²) in [5.41, 5.74) is 1.48. The van der Waals surface area contributed by atoms with Gasteiger partial charge in [0.25, 0.3) is 5.91 Å². The van der Waals surface area contributed by atoms with Crippen molar-refractivity contribution < 1.29 is 9.53 Å². The van der Waals surface area contributed by atoms with Crippen molar-refractivity contribution in [3.05, 3.63) is 58.1 Å². The second kappa shape index (κ2) is 7.52. The monoisotopic (exact) mass is 337 g/mol. The third-order valence-electron chi connectivity index (χ3n) is 3.20. The highest BCUT2D eigenvalue weighted by atomic mass is 35.5. The molecular weight excluding hydrogens is 321 g/mol. The molecule has 0 heterocycles. The molecule has 2 aromatic rings. The molecule has 2 rings (SSSR count). The van der Waals surface area contributed by atoms with Crippen molar-refractivity contribution in [1.82, 2.24) is 0 Å². The first-order valence-electron chi connectivity index (χ1n) is 6.99. The fourth-order valence-electron chi connectivity index (χ4n) is 1.95. The van der Waals surface area contributed by atoms with Crippen molar-refractivity contribution in [3.8, 4) is 5.75 Å². The van der Waals surface area contributed by atoms with Crippen LogP contribution >= 0.6 is 23.2 Å². The largest absolute Gasteiger partial charge is 0.481 e. The van der Waals surface area contributed by atoms with Gasteiger partial charge in [0.15, 0.2) is 6.10 Å². The highest BCUT2D eigenvalue weighted by Crippen LogP contribution is 2.24. The van der Waals surface area contributed by atoms with Crippen LogP contribution in [0.2, 0.25) is 10.0 Å². The summed E-state index contributed by atoms with van der Waals surface area (Å²) in [6.07, 6.45) is -0.0605. The van der Waals surface area contributed by atoms with E-state index in [4.69, 9.17) is 27.9 Å². The third kappa shape index (κ3) is 4.15. The molecule has 22 heavy (non-hydrogen) atoms. The lowest BCUT2D eigenvalue weighted by molar-refractivity contribution is -0.122. The van der Waals surface area contributed by atoms with Gasteiger partial charge in [-0.15, -0.1) is 0 Å². The number of para-hydroxylation sites is 1. The predicted molar refractivity (Wildman–Crippen MR) is 91.0 cm³/mol. The fraction of sp³-hybridized carbons (Fsp3) is 0.235. The summed E-state index contributed by atoms with van der Waals surface area (Å²) in [7, 11) is 0. The van der Waals surface area contributed by atoms with E-state index in [1.165, 1.54) is 0 Å². The number of amides is 1. The zero-order chi connectivity index (χ0) is 16.1. The minimum absolute atomic E-state index is 0.233. The maximum Gasteiger partial charge on any atom is 0.265 e. The van der Waals surface area contributed by atoms with Crippen LogP contribution in [0.25, 0.3) is 0 Å². The number of aryl methyl sites for hydroxylation is 1. The molecule has 0 radical (unpaired) electrons. The van der Waals surface area contributed by atoms with E-state index in [1.54, 1.807) is 24.3 Å². The molecule has 0 spiro atoms. The quantitative estimate of drug-likeness (QED) is 0.824. The third-order valence-corrected chi connectivity index (χ3v) is 3.96. The first-order chi connectivity index (χ1) is 10.5. The summed E-state index contributed by atoms with van der Waals surface area (Å²) in [5, 5.41) is 3.95. The molecule has 0 saturated carbocycles. The number of ether oxygens (including phenoxy) is 1. The molecule has 1 N–H and O–H groups in total. The number of hydrogen-bond acceptors (Lipinski definition) is 2. The average Bonchev–Trinajstić information content (AvgIpc) is 2.50. The molecule has 3 nitrogen and oxygen atoms in total. The summed E-state index contributed by atoms with van der Waals surface area (Å²) >= 11 is 12.0. The van der Waals surface area contributed by atoms with Crippen molar-refractivity contribution in [2.45, 2.75) is 26.4 Å². The van der Waals surface area contributed by atoms with E-state index in [2.05, 4.69) is 5.32 Å². The molecule has 0 bridgehead atoms. The average molecular weight is 338 g/mol. The van der Waals surface area contributed by atoms with Gasteiger partial charge in [-0.3, -0.25) is 4.79 Å². The van der Waals surface area contributed by atoms with Gasteiger partial charge in [-0.05, 0) is 49.2 Å². The molecule has 1 amide bonds. The Hall–Kier alpha value is -1.71. The zero-order valence-electron chi connectivity index (χ0n) is 12.4. The predicted octanol–water partition coefficient (Wildman–Crippen LogP) is 5.10. The summed E-state index contributed by atoms with van der Waals surface area (Å²) in [6.45, 7) is 3.78. The van der Waals surface area contributed by atoms with Crippen LogP contribution in [0.4, 0.5) is 5.69 Å². The smallest absolute Gasteiger partial charge is 0.265 e. The summed E-state index contributed by atoms with van der Waals surface area (Å²) in [5.74, 6) is 0.381. The van der Waals surface area contributed by atoms with E-state index in [0.717, 1.165) is 5.56 Å². The van der Waals surface area contributed by atoms with Gasteiger partial charge in [0.05, 0.1) is 10.7 Å². The lowest BCUT2D eigenvalue weighted by Gasteiger charge is -2.18. The first kappa shape index (κ1) is 16.7. The zero-order valence-corrected chi connectivity index (χ0v) is 13.9. The minimum atomic E-state index is -0.600. The summed E-state index contributed by atoms with van der Waals surface area (Å²) in [6, 6.07) is 12.4. The van der Waals surface area contributed by atoms with Gasteiger partial charge in [0.1, 0.15) is 5.75 Å². The number of anilines is 1. The number of rotatable bonds is 5. The number of carbonyl (C=O) groups is 1. The van der Waals surface area contributed by atoms with E-state index in [1.807, 2.05) is 32.0 Å². The second-order valence-corrected chi connectivity index (χ2v) is 5.71. The molecule has 0 aliphatic rings. The Kier molecular flexibility index (Phi) is 5.69. The van der Waals surface area contributed by atoms with Crippen molar-refractivity contribution in [2.75, 3.05) is 5.32 Å². The standard InChI is InChI=1S/C17H17Cl2NO2/c1-3-16(22-12-8-9-13(18)11(2)10-12)17(21)20-15-7-5-4-6-14(15)19/h4-10,16H,3H2,1-2H3,(H,20,21)/t16-/m1/s1. The van der Waals surface area contributed by atoms with Gasteiger partial charge in [-0.25, -0.2) is 0 Å². The van der Waals surface area contributed by atoms with Crippen LogP contribution in [-0.4, -0.2) is 12.0 Å². The van der Waals surface area contributed by atoms with Crippen LogP contribution in [-0.2, 0) is 4.79 Å². The SMILES string of the molecule is CC[C@@H](Oc1ccc(Cl)c(C)c1)C(=O)Nc1ccccc1Cl. The van der Waals surface area contributed by atoms with E-state index in [0.29, 0.717) is 27.9 Å². The molecule has 2 aromatic carbocycles. The molecule has 0 fully saturated rings. The number of carbonyl (C=O) groups excluding carboxylic acids is 1. The molecule has 116 valence electrons. The van der Waals surface area contributed by atoms with Crippen molar-refractivity contribution >= 4 is 34.8 Å². The van der Waals surface area contributed by atoms with Crippen LogP contribution in [0.3, 0.4) is 0 Å². The first-order valence-corrected chi connectivity index (χ1v) is 7.75. The highest BCUT2D eigenvalue weighted by Gasteiger charge is 2.19. The van der Waals surface area contributed by atoms with Crippen molar-refractivity contribution in [1.29, 1.82) is 0 Å². The Morgan fingerprint density at radius 3 is 2.55 bits per heavy atom. The Balaban J connectivity index is 2.09. The lowest BCUT2D eigenvalue weighted by Crippen LogP contribution is -2.32. The van der Waals surface area contributed by atoms with Crippen molar-refractivity contribution in [3.63, 3.8) is 0 Å². The van der Waals surface area contributed by atoms with Gasteiger partial charge < -0.3 is 10.1 Å². The molecule has 0 unspecified atom stereocenters. The lowest BCUT2D eigenvalue weighted by atomic mass is 10.2. The molecule has 0 aromatic heterocycles. The van der Waals surface area contributed by atoms with E-state index < -0.39 is 6.10 Å². The number of nitrogens with one attached hydrogen (secondary N) is 1. The normalized spacial score (nSPS) is 11.8. The maximum absolute atomic E-state index is 12.3. The molecular formula is C17H17Cl2NO2. The summed E-state index contributed by atoms with van der Waals surface area (Å²) < 4.78 is 5.76. The van der Waals surface area contributed by atoms with Crippen LogP contribution < -0.4 is 10.1 Å². The minimum Gasteiger partial charge on any atom is -0.481 e. The van der Waals surface area contributed by atoms with Gasteiger partial charge in [-0.1, -0.05) is 42.3 Å². The highest BCUT2D eigenvalue weighted by molar-refractivity contribution is 6.33. The van der Waals surface area contributed by atoms with Crippen LogP contribution in [0.15, 0.2) is 42.5 Å². The molecule has 0 aliphatic heterocycles. The Morgan fingerprint density at radius 1 is 1.18 bits per heavy atom. The number of halogens is 2. The van der Waals surface area contributed by atoms with E-state index in [-0.39, 0.29) is 5.91 Å². The number of hydrogen-bond donors (Lipinski definition) is 1. The topological polar surface area (TPSA) is 38.3 Å². The molecule has 0 saturated heterocycles. The van der Waals surface area contributed by atoms with Crippen LogP contribution in [0, 0.1) is 6.92 Å². The molecule has 1 atom stereocenters. The Morgan fingerprint density at radius 2 is 1.91 bits per heavy atom. The molecule has 5 heteroatoms. The van der Waals surface area contributed by atoms with E-state index in [9.17, 15) is 4.79 Å². The van der Waals surface area contributed by atoms with E-state index >= 15 is 0 Å². The maximum atomic E-state index is 12.3. The molecule has 0 aliphatic carbocycles. The van der Waals surface area contributed by atoms with Crippen molar-refractivity contribution in [2.24, 2.45) is 0 Å². The van der Waals surface area contributed by atoms with Crippen LogP contribution in [0.1, 0.15) is 18.9 Å². The summed E-state index contributed by atoms with van der Waals surface area (Å²) in [4.78, 5) is 12.3. The fourth-order valence-corrected chi connectivity index (χ4v) is 2.25. The number of benzene rings is 2. The van der Waals surface area contributed by atoms with Crippen LogP contribution in [0.5, 0.6) is 5.75 Å². The Bertz CT molecular complexity index is 673.